The zero-order valence-corrected chi connectivity index (χ0v) is 41.0. The molecule has 4 heterocycles. The Bertz CT molecular complexity index is 2860. The molecule has 0 spiro atoms. The lowest BCUT2D eigenvalue weighted by Crippen LogP contribution is -2.56. The summed E-state index contributed by atoms with van der Waals surface area (Å²) in [4.78, 5) is 96.2. The number of hydrogen-bond donors (Lipinski definition) is 4. The molecule has 394 valence electrons. The second-order valence-electron chi connectivity index (χ2n) is 17.6. The number of nitrogens with one attached hydrogen (secondary N) is 2. The molecule has 19 nitrogen and oxygen atoms in total. The molecule has 2 aromatic heterocycles. The summed E-state index contributed by atoms with van der Waals surface area (Å²) in [6.07, 6.45) is -7.00. The molecule has 0 saturated carbocycles. The van der Waals surface area contributed by atoms with E-state index in [1.54, 1.807) is 14.1 Å². The Hall–Kier alpha value is -8.22. The third-order valence-corrected chi connectivity index (χ3v) is 12.0. The molecule has 0 bridgehead atoms. The zero-order chi connectivity index (χ0) is 54.4. The number of benzene rings is 2. The Morgan fingerprint density at radius 3 is 1.42 bits per heavy atom. The number of pyridine rings is 2. The Morgan fingerprint density at radius 1 is 0.649 bits per heavy atom. The van der Waals surface area contributed by atoms with Crippen LogP contribution in [0, 0.1) is 0 Å². The average Bonchev–Trinajstić information content (AvgIpc) is 3.33. The fraction of sp³-hybridized carbons (Fsp3) is 0.347. The first-order valence-corrected chi connectivity index (χ1v) is 22.9. The Morgan fingerprint density at radius 2 is 1.05 bits per heavy atom. The molecule has 2 aliphatic rings. The van der Waals surface area contributed by atoms with E-state index in [-0.39, 0.29) is 94.1 Å². The van der Waals surface area contributed by atoms with Gasteiger partial charge in [0.25, 0.3) is 0 Å². The third kappa shape index (κ3) is 12.3. The number of hydrogen-bond acceptors (Lipinski definition) is 12. The molecular weight excluding hydrogens is 985 g/mol. The highest BCUT2D eigenvalue weighted by Crippen LogP contribution is 2.43. The van der Waals surface area contributed by atoms with E-state index in [0.29, 0.717) is 0 Å². The van der Waals surface area contributed by atoms with Crippen molar-refractivity contribution in [2.75, 3.05) is 81.4 Å². The number of likely N-dealkylation sites (N-methyl/N-ethyl adjacent to an activating group) is 1. The highest BCUT2D eigenvalue weighted by atomic mass is 19.4. The highest BCUT2D eigenvalue weighted by molar-refractivity contribution is 6.05. The van der Waals surface area contributed by atoms with Crippen molar-refractivity contribution in [2.45, 2.75) is 52.1 Å². The van der Waals surface area contributed by atoms with Crippen LogP contribution in [0.2, 0.25) is 0 Å². The fourth-order valence-corrected chi connectivity index (χ4v) is 8.37. The van der Waals surface area contributed by atoms with Gasteiger partial charge < -0.3 is 45.9 Å². The summed E-state index contributed by atoms with van der Waals surface area (Å²) in [5.41, 5.74) is 9.06. The summed E-state index contributed by atoms with van der Waals surface area (Å²) in [6.45, 7) is 4.05. The topological polar surface area (TPSA) is 236 Å². The van der Waals surface area contributed by atoms with Gasteiger partial charge in [-0.15, -0.1) is 0 Å². The molecule has 4 aromatic rings. The zero-order valence-electron chi connectivity index (χ0n) is 41.0. The number of anilines is 4. The first-order chi connectivity index (χ1) is 34.8. The maximum atomic E-state index is 14.5. The molecule has 0 saturated heterocycles. The molecule has 6 amide bonds. The maximum Gasteiger partial charge on any atom is 0.416 e. The standard InChI is InChI=1S/C49H53F6N11O8/c1-7-73-44(69)40-28(3)64(34-13-9-11-32(21-34)48(50,51)52)46(71)62(42(40)30-15-17-36(56)59-23-30)25-38(67)58-19-20-66(5,6)27-61-39(68)26-63-43(31-16-18-37(57)60-24-31)41(45(70)74-8-2)29(4)65(47(63)72)35-14-10-12-33(22-35)49(53,54)55/h9-18,21-24,42-43H,7-8,19-20,25-27H2,1-6H3,(H5-,56,57,58,59,60,61,67,68)/p+1. The lowest BCUT2D eigenvalue weighted by molar-refractivity contribution is -0.890. The third-order valence-electron chi connectivity index (χ3n) is 12.0. The van der Waals surface area contributed by atoms with Crippen LogP contribution in [0.3, 0.4) is 0 Å². The van der Waals surface area contributed by atoms with Crippen molar-refractivity contribution in [3.8, 4) is 0 Å². The van der Waals surface area contributed by atoms with Crippen LogP contribution in [-0.4, -0.2) is 120 Å². The van der Waals surface area contributed by atoms with Gasteiger partial charge in [-0.1, -0.05) is 24.3 Å². The fourth-order valence-electron chi connectivity index (χ4n) is 8.37. The van der Waals surface area contributed by atoms with Gasteiger partial charge in [0.05, 0.1) is 86.1 Å². The quantitative estimate of drug-likeness (QED) is 0.0396. The van der Waals surface area contributed by atoms with E-state index < -0.39 is 84.5 Å². The van der Waals surface area contributed by atoms with Crippen molar-refractivity contribution in [3.05, 3.63) is 130 Å². The molecule has 2 unspecified atom stereocenters. The maximum absolute atomic E-state index is 14.5. The molecule has 25 heteroatoms. The van der Waals surface area contributed by atoms with Crippen LogP contribution in [-0.2, 0) is 41.0 Å². The van der Waals surface area contributed by atoms with E-state index in [9.17, 15) is 55.1 Å². The van der Waals surface area contributed by atoms with Crippen molar-refractivity contribution in [1.29, 1.82) is 0 Å². The van der Waals surface area contributed by atoms with Crippen LogP contribution < -0.4 is 31.9 Å². The number of ether oxygens (including phenoxy) is 2. The van der Waals surface area contributed by atoms with Gasteiger partial charge in [-0.3, -0.25) is 19.4 Å². The van der Waals surface area contributed by atoms with Crippen LogP contribution in [0.4, 0.5) is 58.9 Å². The van der Waals surface area contributed by atoms with Crippen LogP contribution >= 0.6 is 0 Å². The number of allylic oxidation sites excluding steroid dienone is 2. The van der Waals surface area contributed by atoms with E-state index >= 15 is 0 Å². The van der Waals surface area contributed by atoms with Crippen molar-refractivity contribution in [3.63, 3.8) is 0 Å². The number of carbonyl (C=O) groups is 6. The van der Waals surface area contributed by atoms with Crippen molar-refractivity contribution >= 4 is 58.8 Å². The molecule has 2 aliphatic heterocycles. The molecule has 74 heavy (non-hydrogen) atoms. The smallest absolute Gasteiger partial charge is 0.416 e. The van der Waals surface area contributed by atoms with Gasteiger partial charge in [0.2, 0.25) is 11.8 Å². The minimum atomic E-state index is -4.79. The summed E-state index contributed by atoms with van der Waals surface area (Å²) in [5.74, 6) is -3.15. The number of halogens is 6. The molecule has 0 aliphatic carbocycles. The Balaban J connectivity index is 1.21. The van der Waals surface area contributed by atoms with E-state index in [0.717, 1.165) is 56.0 Å². The van der Waals surface area contributed by atoms with Gasteiger partial charge in [-0.25, -0.2) is 29.1 Å². The van der Waals surface area contributed by atoms with Gasteiger partial charge in [0.15, 0.2) is 6.67 Å². The summed E-state index contributed by atoms with van der Waals surface area (Å²) < 4.78 is 94.1. The monoisotopic (exact) mass is 1040 g/mol. The second kappa shape index (κ2) is 22.3. The number of quaternary nitrogens is 1. The summed E-state index contributed by atoms with van der Waals surface area (Å²) >= 11 is 0. The minimum absolute atomic E-state index is 0.0185. The highest BCUT2D eigenvalue weighted by Gasteiger charge is 2.46. The normalized spacial score (nSPS) is 16.6. The predicted molar refractivity (Wildman–Crippen MR) is 256 cm³/mol. The number of amides is 6. The number of alkyl halides is 6. The number of carbonyl (C=O) groups excluding carboxylic acids is 6. The van der Waals surface area contributed by atoms with Crippen LogP contribution in [0.5, 0.6) is 0 Å². The number of rotatable bonds is 17. The molecule has 0 radical (unpaired) electrons. The SMILES string of the molecule is CCOC(=O)C1=C(C)N(c2cccc(C(F)(F)F)c2)C(=O)N(CC(=O)NCC[N+](C)(C)CNC(=O)CN2C(=O)N(c3cccc(C(F)(F)F)c3)C(C)=C(C(=O)OCC)C2c2ccc(N)nc2)C1c1ccc(N)nc1. The molecule has 2 aromatic carbocycles. The summed E-state index contributed by atoms with van der Waals surface area (Å²) in [7, 11) is 3.37. The molecule has 0 fully saturated rings. The molecular formula is C49H54F6N11O8+. The van der Waals surface area contributed by atoms with Crippen LogP contribution in [0.15, 0.2) is 108 Å². The molecule has 6 N–H and O–H groups in total. The number of esters is 2. The van der Waals surface area contributed by atoms with E-state index in [1.807, 2.05) is 0 Å². The minimum Gasteiger partial charge on any atom is -0.463 e. The Kier molecular flexibility index (Phi) is 16.6. The van der Waals surface area contributed by atoms with Gasteiger partial charge in [-0.2, -0.15) is 26.3 Å². The van der Waals surface area contributed by atoms with E-state index in [1.165, 1.54) is 76.5 Å². The number of nitrogen functional groups attached to an aromatic ring is 2. The van der Waals surface area contributed by atoms with E-state index in [2.05, 4.69) is 20.6 Å². The van der Waals surface area contributed by atoms with Gasteiger partial charge in [0, 0.05) is 23.8 Å². The van der Waals surface area contributed by atoms with Crippen molar-refractivity contribution in [2.24, 2.45) is 0 Å². The summed E-state index contributed by atoms with van der Waals surface area (Å²) in [5, 5.41) is 5.45. The first kappa shape index (κ1) is 55.1. The molecule has 6 rings (SSSR count). The van der Waals surface area contributed by atoms with Gasteiger partial charge >= 0.3 is 36.4 Å². The van der Waals surface area contributed by atoms with Crippen LogP contribution in [0.25, 0.3) is 0 Å². The van der Waals surface area contributed by atoms with Crippen molar-refractivity contribution < 1.29 is 69.1 Å². The number of nitrogens with zero attached hydrogens (tertiary/aromatic N) is 7. The van der Waals surface area contributed by atoms with Gasteiger partial charge in [-0.05, 0) is 87.4 Å². The lowest BCUT2D eigenvalue weighted by Gasteiger charge is -2.42. The second-order valence-corrected chi connectivity index (χ2v) is 17.6. The van der Waals surface area contributed by atoms with Crippen molar-refractivity contribution in [1.82, 2.24) is 30.4 Å². The number of nitrogens with two attached hydrogens (primary N) is 2. The predicted octanol–water partition coefficient (Wildman–Crippen LogP) is 6.29. The average molecular weight is 1040 g/mol. The number of urea groups is 2. The number of aromatic nitrogens is 2. The first-order valence-electron chi connectivity index (χ1n) is 22.9. The lowest BCUT2D eigenvalue weighted by atomic mass is 9.93. The van der Waals surface area contributed by atoms with E-state index in [4.69, 9.17) is 20.9 Å². The largest absolute Gasteiger partial charge is 0.463 e. The van der Waals surface area contributed by atoms with Crippen LogP contribution in [0.1, 0.15) is 62.0 Å². The Labute approximate surface area is 420 Å². The summed E-state index contributed by atoms with van der Waals surface area (Å²) in [6, 6.07) is 9.00. The molecule has 2 atom stereocenters. The van der Waals surface area contributed by atoms with Gasteiger partial charge in [0.1, 0.15) is 24.7 Å².